The summed E-state index contributed by atoms with van der Waals surface area (Å²) in [5.74, 6) is -1.36. The van der Waals surface area contributed by atoms with Gasteiger partial charge in [0.1, 0.15) is 11.4 Å². The molecule has 1 saturated heterocycles. The van der Waals surface area contributed by atoms with Gasteiger partial charge in [-0.15, -0.1) is 0 Å². The fourth-order valence-electron chi connectivity index (χ4n) is 6.17. The molecule has 1 fully saturated rings. The highest BCUT2D eigenvalue weighted by Crippen LogP contribution is 2.41. The molecule has 0 aliphatic carbocycles. The highest BCUT2D eigenvalue weighted by Gasteiger charge is 2.52. The number of benzene rings is 1. The number of piperidine rings is 1. The van der Waals surface area contributed by atoms with Crippen molar-refractivity contribution in [2.75, 3.05) is 19.6 Å². The molecule has 1 spiro atoms. The van der Waals surface area contributed by atoms with Gasteiger partial charge in [0.2, 0.25) is 5.91 Å². The summed E-state index contributed by atoms with van der Waals surface area (Å²) in [6, 6.07) is 7.04. The Hall–Kier alpha value is -2.99. The van der Waals surface area contributed by atoms with Crippen LogP contribution in [0.25, 0.3) is 0 Å². The third-order valence-electron chi connectivity index (χ3n) is 9.36. The number of carbonyl (C=O) groups excluding carboxylic acids is 3. The lowest BCUT2D eigenvalue weighted by Crippen LogP contribution is -2.59. The van der Waals surface area contributed by atoms with Gasteiger partial charge in [-0.1, -0.05) is 71.9 Å². The summed E-state index contributed by atoms with van der Waals surface area (Å²) >= 11 is 8.29. The van der Waals surface area contributed by atoms with Gasteiger partial charge in [-0.25, -0.2) is 0 Å². The highest BCUT2D eigenvalue weighted by atomic mass is 127. The highest BCUT2D eigenvalue weighted by molar-refractivity contribution is 14.1. The summed E-state index contributed by atoms with van der Waals surface area (Å²) in [6.07, 6.45) is 7.40. The number of hydrogen-bond acceptors (Lipinski definition) is 5. The first kappa shape index (κ1) is 40.4. The molecular formula is C38H52ClIN4O5. The maximum atomic E-state index is 14.6. The van der Waals surface area contributed by atoms with Crippen molar-refractivity contribution in [3.8, 4) is 0 Å². The van der Waals surface area contributed by atoms with Gasteiger partial charge in [-0.2, -0.15) is 0 Å². The van der Waals surface area contributed by atoms with Gasteiger partial charge < -0.3 is 20.2 Å². The average Bonchev–Trinajstić information content (AvgIpc) is 3.29. The van der Waals surface area contributed by atoms with Gasteiger partial charge in [-0.3, -0.25) is 24.2 Å². The van der Waals surface area contributed by atoms with Crippen LogP contribution in [0.1, 0.15) is 103 Å². The SMILES string of the molecule is C=C(/C=C(I)\C=C(/C)Cl)C1=NC2(CCN(C(=O)C(C)(C)CC)CC2)N(C(CCC(C)(C)C)Cc2ccc(C(=O)NCCC(=O)O)cc2)C1=O. The second kappa shape index (κ2) is 16.8. The van der Waals surface area contributed by atoms with Crippen LogP contribution in [-0.2, 0) is 20.8 Å². The van der Waals surface area contributed by atoms with E-state index in [0.29, 0.717) is 54.2 Å². The van der Waals surface area contributed by atoms with Crippen molar-refractivity contribution in [2.45, 2.75) is 105 Å². The number of hydrogen-bond donors (Lipinski definition) is 2. The molecule has 9 nitrogen and oxygen atoms in total. The zero-order valence-corrected chi connectivity index (χ0v) is 32.9. The molecule has 2 aliphatic heterocycles. The summed E-state index contributed by atoms with van der Waals surface area (Å²) in [5, 5.41) is 12.1. The lowest BCUT2D eigenvalue weighted by molar-refractivity contribution is -0.145. The maximum Gasteiger partial charge on any atom is 0.305 e. The Balaban J connectivity index is 2.00. The van der Waals surface area contributed by atoms with Gasteiger partial charge in [0.05, 0.1) is 6.42 Å². The molecule has 2 aliphatic rings. The van der Waals surface area contributed by atoms with Crippen LogP contribution >= 0.6 is 34.2 Å². The molecule has 1 atom stereocenters. The van der Waals surface area contributed by atoms with E-state index in [2.05, 4.69) is 55.3 Å². The van der Waals surface area contributed by atoms with Gasteiger partial charge in [-0.05, 0) is 96.0 Å². The quantitative estimate of drug-likeness (QED) is 0.148. The maximum absolute atomic E-state index is 14.6. The van der Waals surface area contributed by atoms with Gasteiger partial charge in [0.25, 0.3) is 11.8 Å². The van der Waals surface area contributed by atoms with E-state index in [4.69, 9.17) is 21.7 Å². The number of allylic oxidation sites excluding steroid dienone is 4. The van der Waals surface area contributed by atoms with Crippen LogP contribution in [0.2, 0.25) is 0 Å². The Bertz CT molecular complexity index is 1510. The van der Waals surface area contributed by atoms with Crippen LogP contribution < -0.4 is 5.32 Å². The first-order valence-corrected chi connectivity index (χ1v) is 18.5. The van der Waals surface area contributed by atoms with E-state index in [1.54, 1.807) is 19.1 Å². The van der Waals surface area contributed by atoms with Crippen molar-refractivity contribution in [2.24, 2.45) is 15.8 Å². The Kier molecular flexibility index (Phi) is 13.9. The van der Waals surface area contributed by atoms with Crippen LogP contribution in [0, 0.1) is 10.8 Å². The number of likely N-dealkylation sites (tertiary alicyclic amines) is 1. The lowest BCUT2D eigenvalue weighted by Gasteiger charge is -2.47. The predicted molar refractivity (Wildman–Crippen MR) is 205 cm³/mol. The summed E-state index contributed by atoms with van der Waals surface area (Å²) < 4.78 is 0.830. The smallest absolute Gasteiger partial charge is 0.305 e. The Morgan fingerprint density at radius 3 is 2.27 bits per heavy atom. The van der Waals surface area contributed by atoms with Crippen molar-refractivity contribution < 1.29 is 24.3 Å². The van der Waals surface area contributed by atoms with E-state index in [0.717, 1.165) is 28.4 Å². The number of carbonyl (C=O) groups is 4. The number of carboxylic acid groups (broad SMARTS) is 1. The number of nitrogens with one attached hydrogen (secondary N) is 1. The number of rotatable bonds is 14. The van der Waals surface area contributed by atoms with E-state index in [-0.39, 0.29) is 42.1 Å². The minimum atomic E-state index is -0.975. The van der Waals surface area contributed by atoms with Gasteiger partial charge in [0, 0.05) is 58.1 Å². The van der Waals surface area contributed by atoms with Crippen LogP contribution in [0.3, 0.4) is 0 Å². The third-order valence-corrected chi connectivity index (χ3v) is 10.1. The van der Waals surface area contributed by atoms with Crippen molar-refractivity contribution in [3.63, 3.8) is 0 Å². The molecule has 3 rings (SSSR count). The largest absolute Gasteiger partial charge is 0.481 e. The van der Waals surface area contributed by atoms with Gasteiger partial charge >= 0.3 is 5.97 Å². The number of amides is 3. The van der Waals surface area contributed by atoms with Crippen molar-refractivity contribution >= 4 is 63.6 Å². The van der Waals surface area contributed by atoms with E-state index in [1.165, 1.54) is 0 Å². The predicted octanol–water partition coefficient (Wildman–Crippen LogP) is 7.68. The number of carboxylic acids is 1. The number of aliphatic imine (C=N–C) groups is 1. The van der Waals surface area contributed by atoms with Crippen molar-refractivity contribution in [1.29, 1.82) is 0 Å². The van der Waals surface area contributed by atoms with Crippen LogP contribution in [0.5, 0.6) is 0 Å². The minimum absolute atomic E-state index is 0.0193. The lowest BCUT2D eigenvalue weighted by atomic mass is 9.84. The second-order valence-corrected chi connectivity index (χ2v) is 16.8. The van der Waals surface area contributed by atoms with E-state index >= 15 is 0 Å². The van der Waals surface area contributed by atoms with Crippen molar-refractivity contribution in [3.05, 3.63) is 68.3 Å². The van der Waals surface area contributed by atoms with E-state index in [1.807, 2.05) is 54.9 Å². The fourth-order valence-corrected chi connectivity index (χ4v) is 7.31. The Labute approximate surface area is 310 Å². The molecule has 0 saturated carbocycles. The van der Waals surface area contributed by atoms with Gasteiger partial charge in [0.15, 0.2) is 0 Å². The first-order valence-electron chi connectivity index (χ1n) is 17.0. The molecular weight excluding hydrogens is 755 g/mol. The standard InChI is InChI=1S/C38H52ClIN4O5/c1-9-37(7,8)35(49)43-20-17-38(18-21-43)42-32(25(2)22-29(40)23-26(3)39)34(48)44(38)30(14-16-36(4,5)6)24-27-10-12-28(13-11-27)33(47)41-19-15-31(45)46/h10-13,22-23,30H,2,9,14-21,24H2,1,3-8H3,(H,41,47)(H,45,46)/b26-23+,29-22+. The molecule has 0 bridgehead atoms. The van der Waals surface area contributed by atoms with Crippen LogP contribution in [0.4, 0.5) is 0 Å². The molecule has 2 heterocycles. The molecule has 1 unspecified atom stereocenters. The Morgan fingerprint density at radius 1 is 1.12 bits per heavy atom. The molecule has 0 radical (unpaired) electrons. The topological polar surface area (TPSA) is 119 Å². The summed E-state index contributed by atoms with van der Waals surface area (Å²) in [6.45, 7) is 19.6. The number of aliphatic carboxylic acids is 1. The number of nitrogens with zero attached hydrogens (tertiary/aromatic N) is 3. The Morgan fingerprint density at radius 2 is 1.73 bits per heavy atom. The number of halogens is 2. The zero-order valence-electron chi connectivity index (χ0n) is 30.0. The van der Waals surface area contributed by atoms with E-state index in [9.17, 15) is 19.2 Å². The summed E-state index contributed by atoms with van der Waals surface area (Å²) in [7, 11) is 0. The average molecular weight is 807 g/mol. The minimum Gasteiger partial charge on any atom is -0.481 e. The van der Waals surface area contributed by atoms with Crippen LogP contribution in [-0.4, -0.2) is 75.6 Å². The van der Waals surface area contributed by atoms with Crippen molar-refractivity contribution in [1.82, 2.24) is 15.1 Å². The van der Waals surface area contributed by atoms with E-state index < -0.39 is 17.0 Å². The molecule has 1 aromatic carbocycles. The molecule has 11 heteroatoms. The molecule has 49 heavy (non-hydrogen) atoms. The first-order chi connectivity index (χ1) is 22.8. The molecule has 3 amide bonds. The molecule has 1 aromatic rings. The third kappa shape index (κ3) is 11.0. The zero-order chi connectivity index (χ0) is 36.7. The normalized spacial score (nSPS) is 17.7. The van der Waals surface area contributed by atoms with Crippen LogP contribution in [0.15, 0.2) is 62.2 Å². The molecule has 268 valence electrons. The second-order valence-electron chi connectivity index (χ2n) is 15.0. The molecule has 0 aromatic heterocycles. The fraction of sp³-hybridized carbons (Fsp3) is 0.553. The summed E-state index contributed by atoms with van der Waals surface area (Å²) in [4.78, 5) is 60.6. The molecule has 2 N–H and O–H groups in total. The summed E-state index contributed by atoms with van der Waals surface area (Å²) in [5.41, 5.74) is 0.971. The monoisotopic (exact) mass is 806 g/mol.